The summed E-state index contributed by atoms with van der Waals surface area (Å²) in [7, 11) is 0. The maximum atomic E-state index is 13.3. The first-order valence-corrected chi connectivity index (χ1v) is 10.7. The average Bonchev–Trinajstić information content (AvgIpc) is 3.40. The van der Waals surface area contributed by atoms with Crippen LogP contribution in [0.4, 0.5) is 4.79 Å². The van der Waals surface area contributed by atoms with Crippen LogP contribution >= 0.6 is 22.7 Å². The van der Waals surface area contributed by atoms with Gasteiger partial charge in [0.25, 0.3) is 5.91 Å². The van der Waals surface area contributed by atoms with Crippen molar-refractivity contribution in [3.05, 3.63) is 63.3 Å². The number of fused-ring (bicyclic) bond motifs is 2. The van der Waals surface area contributed by atoms with Crippen LogP contribution in [0.2, 0.25) is 0 Å². The summed E-state index contributed by atoms with van der Waals surface area (Å²) in [6, 6.07) is 9.62. The lowest BCUT2D eigenvalue weighted by Crippen LogP contribution is -2.46. The summed E-state index contributed by atoms with van der Waals surface area (Å²) in [6.45, 7) is 0.204. The van der Waals surface area contributed by atoms with Crippen LogP contribution in [0.1, 0.15) is 29.7 Å². The van der Waals surface area contributed by atoms with E-state index in [1.807, 2.05) is 46.5 Å². The quantitative estimate of drug-likeness (QED) is 0.678. The van der Waals surface area contributed by atoms with E-state index < -0.39 is 5.54 Å². The van der Waals surface area contributed by atoms with Gasteiger partial charge in [0.05, 0.1) is 12.2 Å². The third-order valence-electron chi connectivity index (χ3n) is 5.29. The largest absolute Gasteiger partial charge is 0.325 e. The highest BCUT2D eigenvalue weighted by molar-refractivity contribution is 7.14. The molecule has 3 heterocycles. The standard InChI is InChI=1S/C20H17N3O2S2/c24-18-20(8-3-5-13-4-1-2-6-16(13)20)22-19(25)23(18)10-15-12-27-17(21-15)14-7-9-26-11-14/h1-2,4,6-7,9,11-12H,3,5,8,10H2,(H,22,25). The minimum absolute atomic E-state index is 0.162. The van der Waals surface area contributed by atoms with E-state index in [2.05, 4.69) is 10.3 Å². The summed E-state index contributed by atoms with van der Waals surface area (Å²) in [6.07, 6.45) is 2.47. The van der Waals surface area contributed by atoms with E-state index in [1.54, 1.807) is 11.3 Å². The molecule has 1 fully saturated rings. The van der Waals surface area contributed by atoms with Crippen LogP contribution in [0.25, 0.3) is 10.6 Å². The highest BCUT2D eigenvalue weighted by Crippen LogP contribution is 2.40. The normalized spacial score (nSPS) is 21.6. The highest BCUT2D eigenvalue weighted by atomic mass is 32.1. The Hall–Kier alpha value is -2.51. The Morgan fingerprint density at radius 3 is 2.93 bits per heavy atom. The van der Waals surface area contributed by atoms with Gasteiger partial charge in [-0.2, -0.15) is 11.3 Å². The molecule has 27 heavy (non-hydrogen) atoms. The molecule has 1 aromatic carbocycles. The Labute approximate surface area is 164 Å². The first-order chi connectivity index (χ1) is 13.2. The average molecular weight is 396 g/mol. The van der Waals surface area contributed by atoms with Crippen molar-refractivity contribution in [2.45, 2.75) is 31.3 Å². The number of nitrogens with zero attached hydrogens (tertiary/aromatic N) is 2. The first kappa shape index (κ1) is 16.6. The number of imide groups is 1. The molecule has 3 aromatic rings. The van der Waals surface area contributed by atoms with Crippen LogP contribution in [0.5, 0.6) is 0 Å². The SMILES string of the molecule is O=C1NC2(CCCc3ccccc32)C(=O)N1Cc1csc(-c2ccsc2)n1. The van der Waals surface area contributed by atoms with Crippen LogP contribution in [0.15, 0.2) is 46.5 Å². The maximum absolute atomic E-state index is 13.3. The van der Waals surface area contributed by atoms with Gasteiger partial charge in [-0.1, -0.05) is 24.3 Å². The second-order valence-electron chi connectivity index (χ2n) is 6.89. The monoisotopic (exact) mass is 395 g/mol. The van der Waals surface area contributed by atoms with Crippen molar-refractivity contribution in [3.8, 4) is 10.6 Å². The fourth-order valence-corrected chi connectivity index (χ4v) is 5.54. The number of nitrogens with one attached hydrogen (secondary N) is 1. The molecule has 1 N–H and O–H groups in total. The molecule has 5 nitrogen and oxygen atoms in total. The van der Waals surface area contributed by atoms with Crippen LogP contribution in [0.3, 0.4) is 0 Å². The third kappa shape index (κ3) is 2.61. The zero-order valence-corrected chi connectivity index (χ0v) is 16.1. The number of carbonyl (C=O) groups excluding carboxylic acids is 2. The highest BCUT2D eigenvalue weighted by Gasteiger charge is 2.53. The van der Waals surface area contributed by atoms with Crippen LogP contribution in [-0.4, -0.2) is 21.8 Å². The van der Waals surface area contributed by atoms with Gasteiger partial charge in [-0.05, 0) is 41.8 Å². The lowest BCUT2D eigenvalue weighted by molar-refractivity contribution is -0.132. The van der Waals surface area contributed by atoms with Gasteiger partial charge in [0.15, 0.2) is 0 Å². The van der Waals surface area contributed by atoms with Crippen molar-refractivity contribution < 1.29 is 9.59 Å². The van der Waals surface area contributed by atoms with E-state index in [0.29, 0.717) is 6.42 Å². The topological polar surface area (TPSA) is 62.3 Å². The van der Waals surface area contributed by atoms with Gasteiger partial charge in [0, 0.05) is 16.3 Å². The number of hydrogen-bond donors (Lipinski definition) is 1. The van der Waals surface area contributed by atoms with Gasteiger partial charge in [-0.25, -0.2) is 9.78 Å². The van der Waals surface area contributed by atoms with Gasteiger partial charge < -0.3 is 5.32 Å². The lowest BCUT2D eigenvalue weighted by Gasteiger charge is -2.33. The fraction of sp³-hybridized carbons (Fsp3) is 0.250. The number of aryl methyl sites for hydroxylation is 1. The van der Waals surface area contributed by atoms with E-state index in [4.69, 9.17) is 0 Å². The zero-order chi connectivity index (χ0) is 18.4. The van der Waals surface area contributed by atoms with Crippen molar-refractivity contribution >= 4 is 34.6 Å². The molecule has 2 aliphatic rings. The smallest absolute Gasteiger partial charge is 0.319 e. The van der Waals surface area contributed by atoms with Crippen molar-refractivity contribution in [1.82, 2.24) is 15.2 Å². The van der Waals surface area contributed by atoms with Gasteiger partial charge in [0.1, 0.15) is 10.5 Å². The zero-order valence-electron chi connectivity index (χ0n) is 14.5. The number of thiophene rings is 1. The molecule has 7 heteroatoms. The summed E-state index contributed by atoms with van der Waals surface area (Å²) in [5.74, 6) is -0.162. The second kappa shape index (κ2) is 6.28. The van der Waals surface area contributed by atoms with E-state index in [-0.39, 0.29) is 18.5 Å². The molecule has 5 rings (SSSR count). The van der Waals surface area contributed by atoms with E-state index in [1.165, 1.54) is 16.2 Å². The van der Waals surface area contributed by atoms with Crippen molar-refractivity contribution in [3.63, 3.8) is 0 Å². The number of amides is 3. The third-order valence-corrected chi connectivity index (χ3v) is 6.91. The number of urea groups is 1. The molecule has 1 aliphatic heterocycles. The summed E-state index contributed by atoms with van der Waals surface area (Å²) in [4.78, 5) is 31.9. The molecule has 1 saturated heterocycles. The van der Waals surface area contributed by atoms with Gasteiger partial charge in [-0.15, -0.1) is 11.3 Å². The number of benzene rings is 1. The Balaban J connectivity index is 1.44. The molecule has 3 amide bonds. The number of thiazole rings is 1. The molecular formula is C20H17N3O2S2. The summed E-state index contributed by atoms with van der Waals surface area (Å²) in [5.41, 5.74) is 2.98. The first-order valence-electron chi connectivity index (χ1n) is 8.87. The van der Waals surface area contributed by atoms with Crippen molar-refractivity contribution in [2.75, 3.05) is 0 Å². The Kier molecular flexibility index (Phi) is 3.87. The number of aromatic nitrogens is 1. The summed E-state index contributed by atoms with van der Waals surface area (Å²) < 4.78 is 0. The predicted octanol–water partition coefficient (Wildman–Crippen LogP) is 4.16. The Morgan fingerprint density at radius 1 is 1.19 bits per heavy atom. The molecule has 0 bridgehead atoms. The van der Waals surface area contributed by atoms with Crippen LogP contribution < -0.4 is 5.32 Å². The molecule has 1 unspecified atom stereocenters. The molecular weight excluding hydrogens is 378 g/mol. The van der Waals surface area contributed by atoms with Crippen molar-refractivity contribution in [1.29, 1.82) is 0 Å². The molecule has 1 spiro atoms. The number of carbonyl (C=O) groups is 2. The number of rotatable bonds is 3. The molecule has 2 aromatic heterocycles. The Bertz CT molecular complexity index is 1030. The van der Waals surface area contributed by atoms with Gasteiger partial charge in [-0.3, -0.25) is 9.69 Å². The van der Waals surface area contributed by atoms with E-state index in [9.17, 15) is 9.59 Å². The molecule has 136 valence electrons. The minimum atomic E-state index is -0.919. The summed E-state index contributed by atoms with van der Waals surface area (Å²) in [5, 5.41) is 9.89. The van der Waals surface area contributed by atoms with Crippen LogP contribution in [0, 0.1) is 0 Å². The molecule has 1 aliphatic carbocycles. The van der Waals surface area contributed by atoms with Gasteiger partial charge in [0.2, 0.25) is 0 Å². The predicted molar refractivity (Wildman–Crippen MR) is 106 cm³/mol. The van der Waals surface area contributed by atoms with E-state index in [0.717, 1.165) is 40.2 Å². The summed E-state index contributed by atoms with van der Waals surface area (Å²) >= 11 is 3.16. The number of hydrogen-bond acceptors (Lipinski definition) is 5. The maximum Gasteiger partial charge on any atom is 0.325 e. The molecule has 1 atom stereocenters. The molecule has 0 radical (unpaired) electrons. The second-order valence-corrected chi connectivity index (χ2v) is 8.53. The minimum Gasteiger partial charge on any atom is -0.319 e. The van der Waals surface area contributed by atoms with Crippen molar-refractivity contribution in [2.24, 2.45) is 0 Å². The van der Waals surface area contributed by atoms with Crippen LogP contribution in [-0.2, 0) is 23.3 Å². The molecule has 0 saturated carbocycles. The fourth-order valence-electron chi connectivity index (χ4n) is 4.02. The van der Waals surface area contributed by atoms with Gasteiger partial charge >= 0.3 is 6.03 Å². The van der Waals surface area contributed by atoms with E-state index >= 15 is 0 Å². The lowest BCUT2D eigenvalue weighted by atomic mass is 9.76. The Morgan fingerprint density at radius 2 is 2.07 bits per heavy atom.